The Morgan fingerprint density at radius 1 is 1.26 bits per heavy atom. The first-order valence-corrected chi connectivity index (χ1v) is 6.97. The molecule has 0 atom stereocenters. The molecule has 2 aromatic heterocycles. The van der Waals surface area contributed by atoms with Crippen LogP contribution in [0.2, 0.25) is 0 Å². The average molecular weight is 261 g/mol. The summed E-state index contributed by atoms with van der Waals surface area (Å²) >= 11 is 0. The van der Waals surface area contributed by atoms with Crippen LogP contribution in [0.1, 0.15) is 30.9 Å². The van der Waals surface area contributed by atoms with E-state index in [0.29, 0.717) is 0 Å². The second-order valence-corrected chi connectivity index (χ2v) is 4.67. The fourth-order valence-electron chi connectivity index (χ4n) is 2.18. The van der Waals surface area contributed by atoms with E-state index in [1.54, 1.807) is 0 Å². The number of rotatable bonds is 7. The van der Waals surface area contributed by atoms with Crippen LogP contribution >= 0.6 is 0 Å². The summed E-state index contributed by atoms with van der Waals surface area (Å²) in [5, 5.41) is 12.2. The van der Waals surface area contributed by atoms with Crippen LogP contribution in [0.5, 0.6) is 0 Å². The van der Waals surface area contributed by atoms with Gasteiger partial charge in [-0.05, 0) is 25.5 Å². The van der Waals surface area contributed by atoms with Crippen LogP contribution in [0.25, 0.3) is 0 Å². The lowest BCUT2D eigenvalue weighted by molar-refractivity contribution is 0.572. The molecule has 19 heavy (non-hydrogen) atoms. The van der Waals surface area contributed by atoms with E-state index < -0.39 is 0 Å². The Kier molecular flexibility index (Phi) is 4.74. The molecule has 104 valence electrons. The Morgan fingerprint density at radius 3 is 2.74 bits per heavy atom. The summed E-state index contributed by atoms with van der Waals surface area (Å²) in [6, 6.07) is 4.26. The van der Waals surface area contributed by atoms with E-state index in [0.717, 1.165) is 32.5 Å². The van der Waals surface area contributed by atoms with Gasteiger partial charge in [0, 0.05) is 45.0 Å². The molecule has 0 saturated carbocycles. The van der Waals surface area contributed by atoms with Crippen molar-refractivity contribution in [2.45, 2.75) is 39.8 Å². The molecule has 2 rings (SSSR count). The fourth-order valence-corrected chi connectivity index (χ4v) is 2.18. The lowest BCUT2D eigenvalue weighted by Crippen LogP contribution is -2.20. The Labute approximate surface area is 114 Å². The molecule has 5 nitrogen and oxygen atoms in total. The van der Waals surface area contributed by atoms with E-state index in [1.807, 2.05) is 17.9 Å². The average Bonchev–Trinajstić information content (AvgIpc) is 3.01. The molecule has 2 aromatic rings. The van der Waals surface area contributed by atoms with Gasteiger partial charge in [0.15, 0.2) is 0 Å². The maximum atomic E-state index is 4.55. The number of aromatic nitrogens is 4. The normalized spacial score (nSPS) is 11.1. The largest absolute Gasteiger partial charge is 0.311 e. The lowest BCUT2D eigenvalue weighted by atomic mass is 10.3. The van der Waals surface area contributed by atoms with Gasteiger partial charge in [-0.15, -0.1) is 0 Å². The third-order valence-electron chi connectivity index (χ3n) is 3.36. The third kappa shape index (κ3) is 3.44. The topological polar surface area (TPSA) is 47.7 Å². The molecule has 0 amide bonds. The Bertz CT molecular complexity index is 512. The van der Waals surface area contributed by atoms with E-state index in [4.69, 9.17) is 0 Å². The minimum atomic E-state index is 0.874. The summed E-state index contributed by atoms with van der Waals surface area (Å²) in [6.45, 7) is 7.03. The molecular formula is C14H23N5. The van der Waals surface area contributed by atoms with Crippen LogP contribution in [0.4, 0.5) is 0 Å². The minimum absolute atomic E-state index is 0.874. The van der Waals surface area contributed by atoms with Crippen molar-refractivity contribution in [1.82, 2.24) is 24.9 Å². The highest BCUT2D eigenvalue weighted by Crippen LogP contribution is 2.05. The summed E-state index contributed by atoms with van der Waals surface area (Å²) in [6.07, 6.45) is 3.83. The zero-order chi connectivity index (χ0) is 13.7. The molecule has 0 radical (unpaired) electrons. The first kappa shape index (κ1) is 13.8. The molecule has 0 aliphatic rings. The van der Waals surface area contributed by atoms with Gasteiger partial charge >= 0.3 is 0 Å². The highest BCUT2D eigenvalue weighted by molar-refractivity contribution is 5.10. The molecule has 0 saturated heterocycles. The Morgan fingerprint density at radius 2 is 2.11 bits per heavy atom. The van der Waals surface area contributed by atoms with Crippen molar-refractivity contribution in [2.75, 3.05) is 6.54 Å². The van der Waals surface area contributed by atoms with Crippen LogP contribution in [-0.4, -0.2) is 26.1 Å². The maximum absolute atomic E-state index is 4.55. The van der Waals surface area contributed by atoms with Crippen LogP contribution in [0, 0.1) is 0 Å². The van der Waals surface area contributed by atoms with Crippen LogP contribution in [0.15, 0.2) is 18.3 Å². The zero-order valence-electron chi connectivity index (χ0n) is 12.1. The summed E-state index contributed by atoms with van der Waals surface area (Å²) in [4.78, 5) is 0. The number of nitrogens with zero attached hydrogens (tertiary/aromatic N) is 4. The molecule has 0 spiro atoms. The standard InChI is InChI=1S/C14H23N5/c1-4-12-10-14(19(5-2)17-12)11-15-8-6-13-7-9-16-18(13)3/h7,9-10,15H,4-6,8,11H2,1-3H3. The van der Waals surface area contributed by atoms with Crippen LogP contribution < -0.4 is 5.32 Å². The fraction of sp³-hybridized carbons (Fsp3) is 0.571. The molecule has 0 aliphatic carbocycles. The van der Waals surface area contributed by atoms with Gasteiger partial charge in [-0.1, -0.05) is 6.92 Å². The van der Waals surface area contributed by atoms with E-state index in [9.17, 15) is 0 Å². The van der Waals surface area contributed by atoms with E-state index in [1.165, 1.54) is 17.1 Å². The highest BCUT2D eigenvalue weighted by atomic mass is 15.3. The molecule has 2 heterocycles. The molecule has 0 unspecified atom stereocenters. The second-order valence-electron chi connectivity index (χ2n) is 4.67. The number of nitrogens with one attached hydrogen (secondary N) is 1. The van der Waals surface area contributed by atoms with Gasteiger partial charge in [0.25, 0.3) is 0 Å². The van der Waals surface area contributed by atoms with Gasteiger partial charge in [0.05, 0.1) is 11.4 Å². The van der Waals surface area contributed by atoms with Crippen molar-refractivity contribution in [3.8, 4) is 0 Å². The molecule has 0 fully saturated rings. The minimum Gasteiger partial charge on any atom is -0.311 e. The first-order valence-electron chi connectivity index (χ1n) is 6.97. The van der Waals surface area contributed by atoms with Crippen molar-refractivity contribution < 1.29 is 0 Å². The van der Waals surface area contributed by atoms with Gasteiger partial charge in [-0.2, -0.15) is 10.2 Å². The predicted molar refractivity (Wildman–Crippen MR) is 75.9 cm³/mol. The summed E-state index contributed by atoms with van der Waals surface area (Å²) in [7, 11) is 1.98. The van der Waals surface area contributed by atoms with Crippen molar-refractivity contribution in [2.24, 2.45) is 7.05 Å². The molecule has 0 bridgehead atoms. The first-order chi connectivity index (χ1) is 9.24. The van der Waals surface area contributed by atoms with E-state index in [2.05, 4.69) is 46.2 Å². The highest BCUT2D eigenvalue weighted by Gasteiger charge is 2.05. The zero-order valence-corrected chi connectivity index (χ0v) is 12.1. The monoisotopic (exact) mass is 261 g/mol. The number of hydrogen-bond acceptors (Lipinski definition) is 3. The third-order valence-corrected chi connectivity index (χ3v) is 3.36. The SMILES string of the molecule is CCc1cc(CNCCc2ccnn2C)n(CC)n1. The Balaban J connectivity index is 1.82. The van der Waals surface area contributed by atoms with Gasteiger partial charge in [-0.3, -0.25) is 9.36 Å². The molecule has 5 heteroatoms. The van der Waals surface area contributed by atoms with Gasteiger partial charge in [-0.25, -0.2) is 0 Å². The summed E-state index contributed by atoms with van der Waals surface area (Å²) in [5.41, 5.74) is 3.69. The van der Waals surface area contributed by atoms with Crippen molar-refractivity contribution in [3.63, 3.8) is 0 Å². The summed E-state index contributed by atoms with van der Waals surface area (Å²) < 4.78 is 4.00. The predicted octanol–water partition coefficient (Wildman–Crippen LogP) is 1.53. The lowest BCUT2D eigenvalue weighted by Gasteiger charge is -2.07. The molecule has 1 N–H and O–H groups in total. The van der Waals surface area contributed by atoms with Crippen molar-refractivity contribution in [1.29, 1.82) is 0 Å². The van der Waals surface area contributed by atoms with Gasteiger partial charge in [0.2, 0.25) is 0 Å². The van der Waals surface area contributed by atoms with Gasteiger partial charge in [0.1, 0.15) is 0 Å². The van der Waals surface area contributed by atoms with Crippen molar-refractivity contribution >= 4 is 0 Å². The number of hydrogen-bond donors (Lipinski definition) is 1. The van der Waals surface area contributed by atoms with Gasteiger partial charge < -0.3 is 5.32 Å². The second kappa shape index (κ2) is 6.52. The van der Waals surface area contributed by atoms with Crippen LogP contribution in [-0.2, 0) is 33.0 Å². The molecular weight excluding hydrogens is 238 g/mol. The van der Waals surface area contributed by atoms with Crippen molar-refractivity contribution in [3.05, 3.63) is 35.4 Å². The van der Waals surface area contributed by atoms with Crippen LogP contribution in [0.3, 0.4) is 0 Å². The number of aryl methyl sites for hydroxylation is 3. The van der Waals surface area contributed by atoms with E-state index in [-0.39, 0.29) is 0 Å². The quantitative estimate of drug-likeness (QED) is 0.769. The summed E-state index contributed by atoms with van der Waals surface area (Å²) in [5.74, 6) is 0. The Hall–Kier alpha value is -1.62. The van der Waals surface area contributed by atoms with E-state index >= 15 is 0 Å². The maximum Gasteiger partial charge on any atom is 0.0625 e. The molecule has 0 aromatic carbocycles. The molecule has 0 aliphatic heterocycles. The smallest absolute Gasteiger partial charge is 0.0625 e.